The molecule has 0 spiro atoms. The van der Waals surface area contributed by atoms with Crippen molar-refractivity contribution < 1.29 is 18.1 Å². The SMILES string of the molecule is CC1=CC2CC(=O)C(C)(C)C1N2S(=O)(=O)c1ccccc1[N+](=O)[O-]. The average molecular weight is 350 g/mol. The maximum Gasteiger partial charge on any atom is 0.289 e. The van der Waals surface area contributed by atoms with Crippen molar-refractivity contribution in [3.63, 3.8) is 0 Å². The molecule has 2 aliphatic heterocycles. The summed E-state index contributed by atoms with van der Waals surface area (Å²) < 4.78 is 27.7. The zero-order valence-corrected chi connectivity index (χ0v) is 14.4. The van der Waals surface area contributed by atoms with E-state index < -0.39 is 38.1 Å². The van der Waals surface area contributed by atoms with Gasteiger partial charge in [0, 0.05) is 17.9 Å². The van der Waals surface area contributed by atoms with E-state index in [-0.39, 0.29) is 17.1 Å². The van der Waals surface area contributed by atoms with Gasteiger partial charge in [0.2, 0.25) is 0 Å². The van der Waals surface area contributed by atoms with Crippen LogP contribution in [0.2, 0.25) is 0 Å². The van der Waals surface area contributed by atoms with E-state index >= 15 is 0 Å². The monoisotopic (exact) mass is 350 g/mol. The minimum atomic E-state index is -4.11. The number of ketones is 1. The molecule has 0 aromatic heterocycles. The van der Waals surface area contributed by atoms with E-state index in [1.165, 1.54) is 28.6 Å². The van der Waals surface area contributed by atoms with Crippen molar-refractivity contribution in [1.82, 2.24) is 4.31 Å². The van der Waals surface area contributed by atoms with E-state index in [9.17, 15) is 23.3 Å². The summed E-state index contributed by atoms with van der Waals surface area (Å²) in [6.45, 7) is 5.24. The second-order valence-electron chi connectivity index (χ2n) is 6.79. The zero-order valence-electron chi connectivity index (χ0n) is 13.6. The summed E-state index contributed by atoms with van der Waals surface area (Å²) in [6.07, 6.45) is 1.87. The van der Waals surface area contributed by atoms with Gasteiger partial charge in [0.15, 0.2) is 4.90 Å². The number of hydrogen-bond donors (Lipinski definition) is 0. The van der Waals surface area contributed by atoms with Gasteiger partial charge < -0.3 is 0 Å². The summed E-state index contributed by atoms with van der Waals surface area (Å²) in [7, 11) is -4.11. The highest BCUT2D eigenvalue weighted by molar-refractivity contribution is 7.89. The molecule has 8 heteroatoms. The van der Waals surface area contributed by atoms with Crippen molar-refractivity contribution in [3.05, 3.63) is 46.0 Å². The van der Waals surface area contributed by atoms with Crippen molar-refractivity contribution in [3.8, 4) is 0 Å². The molecule has 2 atom stereocenters. The Kier molecular flexibility index (Phi) is 3.65. The average Bonchev–Trinajstić information content (AvgIpc) is 2.80. The number of rotatable bonds is 3. The number of hydrogen-bond acceptors (Lipinski definition) is 5. The minimum absolute atomic E-state index is 0.000360. The lowest BCUT2D eigenvalue weighted by Crippen LogP contribution is -2.57. The predicted molar refractivity (Wildman–Crippen MR) is 86.9 cm³/mol. The molecular weight excluding hydrogens is 332 g/mol. The van der Waals surface area contributed by atoms with E-state index in [0.717, 1.165) is 5.57 Å². The summed E-state index contributed by atoms with van der Waals surface area (Å²) in [5.41, 5.74) is -0.521. The van der Waals surface area contributed by atoms with Crippen LogP contribution in [0, 0.1) is 15.5 Å². The van der Waals surface area contributed by atoms with Gasteiger partial charge in [0.1, 0.15) is 5.78 Å². The number of carbonyl (C=O) groups excluding carboxylic acids is 1. The predicted octanol–water partition coefficient (Wildman–Crippen LogP) is 2.28. The third-order valence-electron chi connectivity index (χ3n) is 4.88. The number of benzene rings is 1. The minimum Gasteiger partial charge on any atom is -0.299 e. The second-order valence-corrected chi connectivity index (χ2v) is 8.60. The zero-order chi connectivity index (χ0) is 17.9. The van der Waals surface area contributed by atoms with Crippen LogP contribution in [0.1, 0.15) is 27.2 Å². The Morgan fingerprint density at radius 2 is 1.92 bits per heavy atom. The second kappa shape index (κ2) is 5.22. The maximum atomic E-state index is 13.2. The smallest absolute Gasteiger partial charge is 0.289 e. The van der Waals surface area contributed by atoms with Crippen molar-refractivity contribution in [2.24, 2.45) is 5.41 Å². The van der Waals surface area contributed by atoms with Crippen LogP contribution in [0.4, 0.5) is 5.69 Å². The summed E-state index contributed by atoms with van der Waals surface area (Å²) >= 11 is 0. The van der Waals surface area contributed by atoms with E-state index in [1.807, 2.05) is 0 Å². The fourth-order valence-electron chi connectivity index (χ4n) is 3.76. The number of nitro groups is 1. The summed E-state index contributed by atoms with van der Waals surface area (Å²) in [5, 5.41) is 11.2. The Hall–Kier alpha value is -2.06. The molecule has 128 valence electrons. The van der Waals surface area contributed by atoms with Gasteiger partial charge in [-0.2, -0.15) is 4.31 Å². The van der Waals surface area contributed by atoms with Crippen LogP contribution < -0.4 is 0 Å². The molecule has 24 heavy (non-hydrogen) atoms. The standard InChI is InChI=1S/C16H18N2O5S/c1-10-8-11-9-14(19)16(2,3)15(10)17(11)24(22,23)13-7-5-4-6-12(13)18(20)21/h4-8,11,15H,9H2,1-3H3. The van der Waals surface area contributed by atoms with Crippen LogP contribution in [0.5, 0.6) is 0 Å². The Balaban J connectivity index is 2.16. The molecular formula is C16H18N2O5S. The van der Waals surface area contributed by atoms with E-state index in [2.05, 4.69) is 0 Å². The van der Waals surface area contributed by atoms with Crippen LogP contribution >= 0.6 is 0 Å². The number of para-hydroxylation sites is 1. The van der Waals surface area contributed by atoms with Crippen LogP contribution in [0.25, 0.3) is 0 Å². The number of Topliss-reactive ketones (excluding diaryl/α,β-unsaturated/α-hetero) is 1. The van der Waals surface area contributed by atoms with Crippen LogP contribution in [0.15, 0.2) is 40.8 Å². The van der Waals surface area contributed by atoms with Crippen LogP contribution in [-0.2, 0) is 14.8 Å². The molecule has 3 rings (SSSR count). The number of sulfonamides is 1. The van der Waals surface area contributed by atoms with Crippen molar-refractivity contribution in [2.75, 3.05) is 0 Å². The number of nitrogens with zero attached hydrogens (tertiary/aromatic N) is 2. The van der Waals surface area contributed by atoms with Crippen molar-refractivity contribution in [1.29, 1.82) is 0 Å². The highest BCUT2D eigenvalue weighted by atomic mass is 32.2. The molecule has 2 unspecified atom stereocenters. The van der Waals surface area contributed by atoms with Crippen LogP contribution in [-0.4, -0.2) is 35.5 Å². The molecule has 0 aliphatic carbocycles. The lowest BCUT2D eigenvalue weighted by Gasteiger charge is -2.43. The normalized spacial score (nSPS) is 26.3. The molecule has 7 nitrogen and oxygen atoms in total. The van der Waals surface area contributed by atoms with E-state index in [0.29, 0.717) is 0 Å². The molecule has 1 aromatic rings. The Morgan fingerprint density at radius 1 is 1.29 bits per heavy atom. The summed E-state index contributed by atoms with van der Waals surface area (Å²) in [5.74, 6) is -0.000360. The molecule has 0 N–H and O–H groups in total. The summed E-state index contributed by atoms with van der Waals surface area (Å²) in [4.78, 5) is 22.5. The van der Waals surface area contributed by atoms with Gasteiger partial charge in [-0.25, -0.2) is 8.42 Å². The van der Waals surface area contributed by atoms with Crippen LogP contribution in [0.3, 0.4) is 0 Å². The topological polar surface area (TPSA) is 97.6 Å². The third-order valence-corrected chi connectivity index (χ3v) is 6.82. The number of carbonyl (C=O) groups is 1. The molecule has 1 fully saturated rings. The number of fused-ring (bicyclic) bond motifs is 2. The van der Waals surface area contributed by atoms with Gasteiger partial charge in [-0.05, 0) is 13.0 Å². The molecule has 1 saturated heterocycles. The molecule has 2 heterocycles. The Morgan fingerprint density at radius 3 is 2.54 bits per heavy atom. The first kappa shape index (κ1) is 16.8. The lowest BCUT2D eigenvalue weighted by molar-refractivity contribution is -0.387. The molecule has 0 saturated carbocycles. The van der Waals surface area contributed by atoms with Gasteiger partial charge in [0.05, 0.1) is 17.0 Å². The van der Waals surface area contributed by atoms with Crippen molar-refractivity contribution >= 4 is 21.5 Å². The lowest BCUT2D eigenvalue weighted by atomic mass is 9.75. The maximum absolute atomic E-state index is 13.2. The van der Waals surface area contributed by atoms with Gasteiger partial charge in [0.25, 0.3) is 15.7 Å². The van der Waals surface area contributed by atoms with Crippen molar-refractivity contribution in [2.45, 2.75) is 44.2 Å². The Bertz CT molecular complexity index is 872. The largest absolute Gasteiger partial charge is 0.299 e. The van der Waals surface area contributed by atoms with Gasteiger partial charge in [-0.1, -0.05) is 37.6 Å². The summed E-state index contributed by atoms with van der Waals surface area (Å²) in [6, 6.07) is 4.11. The number of piperidine rings is 1. The fourth-order valence-corrected chi connectivity index (χ4v) is 5.84. The number of nitro benzene ring substituents is 1. The highest BCUT2D eigenvalue weighted by Gasteiger charge is 2.56. The highest BCUT2D eigenvalue weighted by Crippen LogP contribution is 2.47. The van der Waals surface area contributed by atoms with E-state index in [1.54, 1.807) is 26.8 Å². The quantitative estimate of drug-likeness (QED) is 0.473. The van der Waals surface area contributed by atoms with Gasteiger partial charge >= 0.3 is 0 Å². The molecule has 0 radical (unpaired) electrons. The van der Waals surface area contributed by atoms with E-state index in [4.69, 9.17) is 0 Å². The Labute approximate surface area is 140 Å². The fraction of sp³-hybridized carbons (Fsp3) is 0.438. The molecule has 2 bridgehead atoms. The van der Waals surface area contributed by atoms with Gasteiger partial charge in [-0.15, -0.1) is 0 Å². The molecule has 0 amide bonds. The first-order valence-corrected chi connectivity index (χ1v) is 9.01. The van der Waals surface area contributed by atoms with Gasteiger partial charge in [-0.3, -0.25) is 14.9 Å². The first-order valence-electron chi connectivity index (χ1n) is 7.57. The molecule has 1 aromatic carbocycles. The first-order chi connectivity index (χ1) is 11.1. The third kappa shape index (κ3) is 2.21. The molecule has 2 aliphatic rings.